The normalized spacial score (nSPS) is 24.9. The zero-order valence-corrected chi connectivity index (χ0v) is 13.5. The van der Waals surface area contributed by atoms with Crippen LogP contribution in [0.15, 0.2) is 18.5 Å². The standard InChI is InChI=1S/C16H26ClN3/c1-12(2)8-15-11-20(13(3)4-7-19-15)10-14-5-6-18-9-16(14)17/h5-6,9,12-13,15,19H,4,7-8,10-11H2,1-3H3. The van der Waals surface area contributed by atoms with Gasteiger partial charge in [-0.3, -0.25) is 9.88 Å². The molecular formula is C16H26ClN3. The summed E-state index contributed by atoms with van der Waals surface area (Å²) in [5.74, 6) is 0.729. The first-order valence-corrected chi connectivity index (χ1v) is 8.00. The molecule has 0 saturated carbocycles. The summed E-state index contributed by atoms with van der Waals surface area (Å²) in [6.07, 6.45) is 5.99. The molecular weight excluding hydrogens is 270 g/mol. The van der Waals surface area contributed by atoms with Gasteiger partial charge in [0.25, 0.3) is 0 Å². The van der Waals surface area contributed by atoms with Gasteiger partial charge in [-0.2, -0.15) is 0 Å². The van der Waals surface area contributed by atoms with Crippen LogP contribution in [0.25, 0.3) is 0 Å². The van der Waals surface area contributed by atoms with Crippen LogP contribution in [-0.4, -0.2) is 35.1 Å². The average Bonchev–Trinajstić information content (AvgIpc) is 2.54. The molecule has 2 unspecified atom stereocenters. The van der Waals surface area contributed by atoms with Gasteiger partial charge in [0.15, 0.2) is 0 Å². The molecule has 4 heteroatoms. The average molecular weight is 296 g/mol. The van der Waals surface area contributed by atoms with E-state index in [4.69, 9.17) is 11.6 Å². The highest BCUT2D eigenvalue weighted by Gasteiger charge is 2.23. The Balaban J connectivity index is 2.05. The zero-order valence-electron chi connectivity index (χ0n) is 12.8. The number of pyridine rings is 1. The molecule has 0 bridgehead atoms. The fraction of sp³-hybridized carbons (Fsp3) is 0.688. The van der Waals surface area contributed by atoms with Crippen LogP contribution in [0.5, 0.6) is 0 Å². The Hall–Kier alpha value is -0.640. The minimum atomic E-state index is 0.584. The largest absolute Gasteiger partial charge is 0.313 e. The summed E-state index contributed by atoms with van der Waals surface area (Å²) in [6, 6.07) is 3.20. The lowest BCUT2D eigenvalue weighted by Gasteiger charge is -2.30. The highest BCUT2D eigenvalue weighted by molar-refractivity contribution is 6.31. The number of nitrogens with zero attached hydrogens (tertiary/aromatic N) is 2. The van der Waals surface area contributed by atoms with E-state index in [0.717, 1.165) is 30.6 Å². The predicted octanol–water partition coefficient (Wildman–Crippen LogP) is 3.33. The molecule has 1 aliphatic heterocycles. The lowest BCUT2D eigenvalue weighted by atomic mass is 10.0. The van der Waals surface area contributed by atoms with E-state index in [1.54, 1.807) is 6.20 Å². The van der Waals surface area contributed by atoms with Crippen LogP contribution in [0.3, 0.4) is 0 Å². The van der Waals surface area contributed by atoms with Crippen molar-refractivity contribution in [3.8, 4) is 0 Å². The molecule has 1 N–H and O–H groups in total. The fourth-order valence-electron chi connectivity index (χ4n) is 2.90. The minimum Gasteiger partial charge on any atom is -0.313 e. The quantitative estimate of drug-likeness (QED) is 0.923. The Kier molecular flexibility index (Phi) is 5.82. The van der Waals surface area contributed by atoms with E-state index < -0.39 is 0 Å². The van der Waals surface area contributed by atoms with Crippen molar-refractivity contribution in [2.24, 2.45) is 5.92 Å². The molecule has 0 radical (unpaired) electrons. The molecule has 3 nitrogen and oxygen atoms in total. The number of hydrogen-bond acceptors (Lipinski definition) is 3. The summed E-state index contributed by atoms with van der Waals surface area (Å²) < 4.78 is 0. The molecule has 2 atom stereocenters. The second kappa shape index (κ2) is 7.39. The van der Waals surface area contributed by atoms with Crippen molar-refractivity contribution >= 4 is 11.6 Å². The Morgan fingerprint density at radius 1 is 1.50 bits per heavy atom. The van der Waals surface area contributed by atoms with Crippen molar-refractivity contribution in [1.82, 2.24) is 15.2 Å². The minimum absolute atomic E-state index is 0.584. The maximum absolute atomic E-state index is 6.25. The third kappa shape index (κ3) is 4.44. The number of rotatable bonds is 4. The summed E-state index contributed by atoms with van der Waals surface area (Å²) in [5.41, 5.74) is 1.18. The summed E-state index contributed by atoms with van der Waals surface area (Å²) in [7, 11) is 0. The smallest absolute Gasteiger partial charge is 0.0634 e. The molecule has 1 aromatic heterocycles. The van der Waals surface area contributed by atoms with E-state index in [1.165, 1.54) is 18.4 Å². The highest BCUT2D eigenvalue weighted by Crippen LogP contribution is 2.20. The fourth-order valence-corrected chi connectivity index (χ4v) is 3.08. The summed E-state index contributed by atoms with van der Waals surface area (Å²) >= 11 is 6.25. The lowest BCUT2D eigenvalue weighted by Crippen LogP contribution is -2.40. The van der Waals surface area contributed by atoms with Crippen LogP contribution in [0.2, 0.25) is 5.02 Å². The van der Waals surface area contributed by atoms with Crippen LogP contribution < -0.4 is 5.32 Å². The number of hydrogen-bond donors (Lipinski definition) is 1. The summed E-state index contributed by atoms with van der Waals surface area (Å²) in [6.45, 7) is 10.0. The summed E-state index contributed by atoms with van der Waals surface area (Å²) in [4.78, 5) is 6.62. The van der Waals surface area contributed by atoms with E-state index >= 15 is 0 Å². The maximum Gasteiger partial charge on any atom is 0.0634 e. The Labute approximate surface area is 127 Å². The van der Waals surface area contributed by atoms with E-state index in [0.29, 0.717) is 12.1 Å². The first-order valence-electron chi connectivity index (χ1n) is 7.62. The van der Waals surface area contributed by atoms with Gasteiger partial charge in [0.05, 0.1) is 5.02 Å². The molecule has 2 rings (SSSR count). The van der Waals surface area contributed by atoms with Crippen LogP contribution in [-0.2, 0) is 6.54 Å². The van der Waals surface area contributed by atoms with Gasteiger partial charge in [0.2, 0.25) is 0 Å². The molecule has 2 heterocycles. The molecule has 1 saturated heterocycles. The first kappa shape index (κ1) is 15.7. The van der Waals surface area contributed by atoms with Gasteiger partial charge in [-0.1, -0.05) is 25.4 Å². The van der Waals surface area contributed by atoms with Gasteiger partial charge in [-0.25, -0.2) is 0 Å². The Bertz CT molecular complexity index is 422. The lowest BCUT2D eigenvalue weighted by molar-refractivity contribution is 0.189. The third-order valence-corrected chi connectivity index (χ3v) is 4.40. The second-order valence-electron chi connectivity index (χ2n) is 6.31. The molecule has 1 aliphatic rings. The molecule has 0 amide bonds. The van der Waals surface area contributed by atoms with Crippen molar-refractivity contribution < 1.29 is 0 Å². The van der Waals surface area contributed by atoms with Crippen LogP contribution in [0.4, 0.5) is 0 Å². The van der Waals surface area contributed by atoms with E-state index in [9.17, 15) is 0 Å². The van der Waals surface area contributed by atoms with Crippen LogP contribution >= 0.6 is 11.6 Å². The highest BCUT2D eigenvalue weighted by atomic mass is 35.5. The van der Waals surface area contributed by atoms with Gasteiger partial charge < -0.3 is 5.32 Å². The number of nitrogens with one attached hydrogen (secondary N) is 1. The molecule has 0 aliphatic carbocycles. The molecule has 20 heavy (non-hydrogen) atoms. The van der Waals surface area contributed by atoms with Gasteiger partial charge in [-0.05, 0) is 43.9 Å². The molecule has 1 fully saturated rings. The molecule has 0 spiro atoms. The van der Waals surface area contributed by atoms with Gasteiger partial charge >= 0.3 is 0 Å². The predicted molar refractivity (Wildman–Crippen MR) is 85.0 cm³/mol. The molecule has 1 aromatic rings. The maximum atomic E-state index is 6.25. The molecule has 112 valence electrons. The first-order chi connectivity index (χ1) is 9.56. The van der Waals surface area contributed by atoms with E-state index in [-0.39, 0.29) is 0 Å². The van der Waals surface area contributed by atoms with E-state index in [2.05, 4.69) is 36.0 Å². The number of halogens is 1. The van der Waals surface area contributed by atoms with Gasteiger partial charge in [-0.15, -0.1) is 0 Å². The topological polar surface area (TPSA) is 28.2 Å². The van der Waals surface area contributed by atoms with E-state index in [1.807, 2.05) is 12.3 Å². The zero-order chi connectivity index (χ0) is 14.5. The molecule has 0 aromatic carbocycles. The van der Waals surface area contributed by atoms with Gasteiger partial charge in [0.1, 0.15) is 0 Å². The van der Waals surface area contributed by atoms with Gasteiger partial charge in [0, 0.05) is 37.6 Å². The third-order valence-electron chi connectivity index (χ3n) is 4.06. The Morgan fingerprint density at radius 3 is 3.00 bits per heavy atom. The van der Waals surface area contributed by atoms with Crippen molar-refractivity contribution in [2.75, 3.05) is 13.1 Å². The summed E-state index contributed by atoms with van der Waals surface area (Å²) in [5, 5.41) is 4.46. The van der Waals surface area contributed by atoms with Crippen molar-refractivity contribution in [1.29, 1.82) is 0 Å². The van der Waals surface area contributed by atoms with Crippen molar-refractivity contribution in [2.45, 2.75) is 52.2 Å². The second-order valence-corrected chi connectivity index (χ2v) is 6.72. The number of aromatic nitrogens is 1. The van der Waals surface area contributed by atoms with Crippen molar-refractivity contribution in [3.63, 3.8) is 0 Å². The van der Waals surface area contributed by atoms with Crippen molar-refractivity contribution in [3.05, 3.63) is 29.0 Å². The monoisotopic (exact) mass is 295 g/mol. The Morgan fingerprint density at radius 2 is 2.30 bits per heavy atom. The SMILES string of the molecule is CC(C)CC1CN(Cc2ccncc2Cl)C(C)CCN1. The van der Waals surface area contributed by atoms with Crippen LogP contribution in [0, 0.1) is 5.92 Å². The van der Waals surface area contributed by atoms with Crippen LogP contribution in [0.1, 0.15) is 39.2 Å².